The lowest BCUT2D eigenvalue weighted by Gasteiger charge is -2.33. The third kappa shape index (κ3) is 4.55. The fourth-order valence-corrected chi connectivity index (χ4v) is 4.90. The fourth-order valence-electron chi connectivity index (χ4n) is 4.90. The first kappa shape index (κ1) is 24.5. The minimum Gasteiger partial charge on any atom is -0.355 e. The molecular formula is C25H29ClN8O. The van der Waals surface area contributed by atoms with Gasteiger partial charge in [-0.25, -0.2) is 4.98 Å². The molecule has 1 atom stereocenters. The van der Waals surface area contributed by atoms with E-state index in [2.05, 4.69) is 21.1 Å². The second kappa shape index (κ2) is 9.94. The number of aryl methyl sites for hydroxylation is 2. The van der Waals surface area contributed by atoms with E-state index >= 15 is 0 Å². The van der Waals surface area contributed by atoms with E-state index in [-0.39, 0.29) is 24.0 Å². The molecule has 4 heterocycles. The number of nitrogens with zero attached hydrogens (tertiary/aromatic N) is 7. The summed E-state index contributed by atoms with van der Waals surface area (Å²) in [6.07, 6.45) is 3.43. The van der Waals surface area contributed by atoms with Crippen LogP contribution in [0.2, 0.25) is 0 Å². The molecule has 0 saturated carbocycles. The fraction of sp³-hybridized carbons (Fsp3) is 0.360. The molecule has 1 aromatic carbocycles. The lowest BCUT2D eigenvalue weighted by atomic mass is 10.1. The Bertz CT molecular complexity index is 1450. The van der Waals surface area contributed by atoms with Crippen molar-refractivity contribution >= 4 is 29.3 Å². The Balaban J connectivity index is 0.00000289. The molecule has 10 heteroatoms. The lowest BCUT2D eigenvalue weighted by Crippen LogP contribution is -2.44. The molecule has 2 N–H and O–H groups in total. The number of rotatable bonds is 5. The van der Waals surface area contributed by atoms with Gasteiger partial charge in [-0.2, -0.15) is 10.4 Å². The molecule has 3 aromatic heterocycles. The molecule has 0 aliphatic carbocycles. The topological polar surface area (TPSA) is 111 Å². The van der Waals surface area contributed by atoms with Crippen molar-refractivity contribution in [1.82, 2.24) is 23.9 Å². The average Bonchev–Trinajstić information content (AvgIpc) is 3.32. The van der Waals surface area contributed by atoms with Crippen molar-refractivity contribution in [2.75, 3.05) is 18.0 Å². The van der Waals surface area contributed by atoms with Crippen LogP contribution in [-0.2, 0) is 20.1 Å². The molecule has 5 rings (SSSR count). The van der Waals surface area contributed by atoms with Crippen molar-refractivity contribution in [2.24, 2.45) is 12.8 Å². The second-order valence-electron chi connectivity index (χ2n) is 9.01. The van der Waals surface area contributed by atoms with Crippen LogP contribution in [0.1, 0.15) is 35.4 Å². The van der Waals surface area contributed by atoms with Gasteiger partial charge in [0.15, 0.2) is 0 Å². The van der Waals surface area contributed by atoms with Gasteiger partial charge in [0.2, 0.25) is 0 Å². The lowest BCUT2D eigenvalue weighted by molar-refractivity contribution is 0.498. The summed E-state index contributed by atoms with van der Waals surface area (Å²) < 4.78 is 5.32. The highest BCUT2D eigenvalue weighted by Crippen LogP contribution is 2.32. The molecule has 1 aliphatic rings. The predicted molar refractivity (Wildman–Crippen MR) is 138 cm³/mol. The van der Waals surface area contributed by atoms with Crippen LogP contribution in [0.5, 0.6) is 0 Å². The SMILES string of the molecule is Cc1cc(Cn2cnc3c(C#N)c(N4CCC[C@H](N)C4)n(Cc4ccccc4)c3c2=O)n(C)n1.Cl. The number of fused-ring (bicyclic) bond motifs is 1. The third-order valence-corrected chi connectivity index (χ3v) is 6.48. The number of nitrogens with two attached hydrogens (primary N) is 1. The van der Waals surface area contributed by atoms with Gasteiger partial charge in [-0.15, -0.1) is 12.4 Å². The number of anilines is 1. The highest BCUT2D eigenvalue weighted by Gasteiger charge is 2.28. The first-order valence-corrected chi connectivity index (χ1v) is 11.5. The van der Waals surface area contributed by atoms with Crippen molar-refractivity contribution < 1.29 is 0 Å². The van der Waals surface area contributed by atoms with E-state index in [4.69, 9.17) is 5.73 Å². The minimum absolute atomic E-state index is 0. The molecule has 4 aromatic rings. The maximum absolute atomic E-state index is 13.8. The van der Waals surface area contributed by atoms with Gasteiger partial charge in [0.25, 0.3) is 5.56 Å². The number of nitriles is 1. The molecule has 0 amide bonds. The van der Waals surface area contributed by atoms with E-state index in [0.717, 1.165) is 42.2 Å². The summed E-state index contributed by atoms with van der Waals surface area (Å²) in [4.78, 5) is 20.6. The predicted octanol–water partition coefficient (Wildman–Crippen LogP) is 2.56. The van der Waals surface area contributed by atoms with Crippen LogP contribution >= 0.6 is 12.4 Å². The Morgan fingerprint density at radius 3 is 2.66 bits per heavy atom. The quantitative estimate of drug-likeness (QED) is 0.458. The standard InChI is InChI=1S/C25H28N8O.ClH/c1-17-11-20(30(2)29-17)15-32-16-28-22-21(12-26)24(31-10-6-9-19(27)14-31)33(23(22)25(32)34)13-18-7-4-3-5-8-18;/h3-5,7-8,11,16,19H,6,9-10,13-15,27H2,1-2H3;1H/t19-;/m0./s1. The van der Waals surface area contributed by atoms with Crippen LogP contribution in [0.4, 0.5) is 5.82 Å². The number of hydrogen-bond acceptors (Lipinski definition) is 6. The van der Waals surface area contributed by atoms with E-state index in [9.17, 15) is 10.1 Å². The first-order valence-electron chi connectivity index (χ1n) is 11.5. The van der Waals surface area contributed by atoms with Gasteiger partial charge in [-0.3, -0.25) is 14.0 Å². The number of aromatic nitrogens is 5. The zero-order valence-corrected chi connectivity index (χ0v) is 20.7. The molecule has 9 nitrogen and oxygen atoms in total. The van der Waals surface area contributed by atoms with Crippen LogP contribution in [-0.4, -0.2) is 43.0 Å². The largest absolute Gasteiger partial charge is 0.355 e. The molecule has 0 spiro atoms. The molecule has 1 saturated heterocycles. The summed E-state index contributed by atoms with van der Waals surface area (Å²) in [5, 5.41) is 14.5. The summed E-state index contributed by atoms with van der Waals surface area (Å²) >= 11 is 0. The second-order valence-corrected chi connectivity index (χ2v) is 9.01. The highest BCUT2D eigenvalue weighted by atomic mass is 35.5. The van der Waals surface area contributed by atoms with Crippen molar-refractivity contribution in [3.8, 4) is 6.07 Å². The van der Waals surface area contributed by atoms with Crippen molar-refractivity contribution in [1.29, 1.82) is 5.26 Å². The van der Waals surface area contributed by atoms with Crippen LogP contribution in [0.25, 0.3) is 11.0 Å². The van der Waals surface area contributed by atoms with E-state index in [1.807, 2.05) is 54.9 Å². The van der Waals surface area contributed by atoms with E-state index in [0.29, 0.717) is 36.2 Å². The molecular weight excluding hydrogens is 464 g/mol. The molecule has 1 fully saturated rings. The maximum Gasteiger partial charge on any atom is 0.278 e. The zero-order chi connectivity index (χ0) is 23.8. The monoisotopic (exact) mass is 492 g/mol. The van der Waals surface area contributed by atoms with Crippen LogP contribution in [0.15, 0.2) is 47.5 Å². The summed E-state index contributed by atoms with van der Waals surface area (Å²) in [5.74, 6) is 0.732. The molecule has 0 bridgehead atoms. The number of benzene rings is 1. The van der Waals surface area contributed by atoms with Crippen LogP contribution < -0.4 is 16.2 Å². The summed E-state index contributed by atoms with van der Waals surface area (Å²) in [5.41, 5.74) is 10.3. The number of piperidine rings is 1. The molecule has 0 unspecified atom stereocenters. The Kier molecular flexibility index (Phi) is 6.96. The van der Waals surface area contributed by atoms with Gasteiger partial charge in [0.05, 0.1) is 24.3 Å². The van der Waals surface area contributed by atoms with Gasteiger partial charge < -0.3 is 15.2 Å². The Labute approximate surface area is 209 Å². The van der Waals surface area contributed by atoms with E-state index in [1.54, 1.807) is 9.25 Å². The van der Waals surface area contributed by atoms with E-state index in [1.165, 1.54) is 6.33 Å². The Morgan fingerprint density at radius 1 is 1.23 bits per heavy atom. The molecule has 0 radical (unpaired) electrons. The average molecular weight is 493 g/mol. The summed E-state index contributed by atoms with van der Waals surface area (Å²) in [6, 6.07) is 14.3. The number of hydrogen-bond donors (Lipinski definition) is 1. The van der Waals surface area contributed by atoms with Crippen LogP contribution in [0.3, 0.4) is 0 Å². The molecule has 35 heavy (non-hydrogen) atoms. The number of halogens is 1. The first-order chi connectivity index (χ1) is 16.5. The van der Waals surface area contributed by atoms with Crippen LogP contribution in [0, 0.1) is 18.3 Å². The smallest absolute Gasteiger partial charge is 0.278 e. The normalized spacial score (nSPS) is 15.7. The highest BCUT2D eigenvalue weighted by molar-refractivity contribution is 5.89. The Morgan fingerprint density at radius 2 is 2.00 bits per heavy atom. The minimum atomic E-state index is -0.177. The summed E-state index contributed by atoms with van der Waals surface area (Å²) in [6.45, 7) is 4.17. The van der Waals surface area contributed by atoms with Crippen molar-refractivity contribution in [2.45, 2.75) is 38.9 Å². The van der Waals surface area contributed by atoms with Crippen molar-refractivity contribution in [3.05, 3.63) is 75.6 Å². The zero-order valence-electron chi connectivity index (χ0n) is 19.9. The van der Waals surface area contributed by atoms with Gasteiger partial charge in [0.1, 0.15) is 28.5 Å². The molecule has 1 aliphatic heterocycles. The van der Waals surface area contributed by atoms with Crippen molar-refractivity contribution in [3.63, 3.8) is 0 Å². The Hall–Kier alpha value is -3.61. The van der Waals surface area contributed by atoms with Gasteiger partial charge in [-0.1, -0.05) is 30.3 Å². The third-order valence-electron chi connectivity index (χ3n) is 6.48. The molecule has 182 valence electrons. The van der Waals surface area contributed by atoms with E-state index < -0.39 is 0 Å². The van der Waals surface area contributed by atoms with Gasteiger partial charge >= 0.3 is 0 Å². The maximum atomic E-state index is 13.8. The van der Waals surface area contributed by atoms with Gasteiger partial charge in [-0.05, 0) is 31.4 Å². The van der Waals surface area contributed by atoms with Gasteiger partial charge in [0, 0.05) is 32.7 Å². The summed E-state index contributed by atoms with van der Waals surface area (Å²) in [7, 11) is 1.86.